The van der Waals surface area contributed by atoms with Gasteiger partial charge in [0.25, 0.3) is 0 Å². The van der Waals surface area contributed by atoms with E-state index < -0.39 is 11.6 Å². The fraction of sp³-hybridized carbons (Fsp3) is 0.0909. The van der Waals surface area contributed by atoms with Gasteiger partial charge in [0.15, 0.2) is 5.69 Å². The lowest BCUT2D eigenvalue weighted by atomic mass is 10.1. The minimum absolute atomic E-state index is 0.134. The number of anilines is 1. The minimum atomic E-state index is -0.610. The molecule has 0 aliphatic rings. The highest BCUT2D eigenvalue weighted by Crippen LogP contribution is 2.27. The summed E-state index contributed by atoms with van der Waals surface area (Å²) >= 11 is 7.31. The van der Waals surface area contributed by atoms with E-state index in [1.165, 1.54) is 24.3 Å². The average molecular weight is 455 g/mol. The van der Waals surface area contributed by atoms with Gasteiger partial charge >= 0.3 is 11.6 Å². The van der Waals surface area contributed by atoms with Gasteiger partial charge < -0.3 is 14.5 Å². The number of fused-ring (bicyclic) bond motifs is 1. The molecule has 31 heavy (non-hydrogen) atoms. The maximum absolute atomic E-state index is 12.5. The molecule has 2 aromatic heterocycles. The standard InChI is InChI=1S/C22H15ClN2O5S/c1-12(26)24-16-5-6-17-14(8-20(27)30-19(17)9-16)10-29-22(28)18-11-31-21(25-18)13-3-2-4-15(23)7-13/h2-9,11H,10H2,1H3,(H,24,26). The van der Waals surface area contributed by atoms with Crippen LogP contribution in [0.1, 0.15) is 23.0 Å². The summed E-state index contributed by atoms with van der Waals surface area (Å²) in [5.74, 6) is -0.854. The van der Waals surface area contributed by atoms with Crippen LogP contribution in [-0.4, -0.2) is 16.9 Å². The number of thiazole rings is 1. The van der Waals surface area contributed by atoms with Gasteiger partial charge in [-0.15, -0.1) is 11.3 Å². The van der Waals surface area contributed by atoms with Crippen molar-refractivity contribution < 1.29 is 18.7 Å². The molecule has 4 aromatic rings. The number of nitrogens with one attached hydrogen (secondary N) is 1. The molecular weight excluding hydrogens is 440 g/mol. The van der Waals surface area contributed by atoms with Crippen LogP contribution in [0.4, 0.5) is 5.69 Å². The third-order valence-corrected chi connectivity index (χ3v) is 5.42. The molecule has 0 saturated heterocycles. The molecule has 0 radical (unpaired) electrons. The third kappa shape index (κ3) is 4.82. The Morgan fingerprint density at radius 2 is 2.03 bits per heavy atom. The monoisotopic (exact) mass is 454 g/mol. The van der Waals surface area contributed by atoms with Crippen LogP contribution >= 0.6 is 22.9 Å². The molecule has 4 rings (SSSR count). The van der Waals surface area contributed by atoms with Gasteiger partial charge in [0.2, 0.25) is 5.91 Å². The molecule has 0 unspecified atom stereocenters. The van der Waals surface area contributed by atoms with Crippen LogP contribution in [0.5, 0.6) is 0 Å². The molecule has 1 amide bonds. The number of nitrogens with zero attached hydrogens (tertiary/aromatic N) is 1. The number of halogens is 1. The Morgan fingerprint density at radius 1 is 1.19 bits per heavy atom. The number of amides is 1. The van der Waals surface area contributed by atoms with Crippen molar-refractivity contribution in [3.05, 3.63) is 80.6 Å². The van der Waals surface area contributed by atoms with E-state index in [1.54, 1.807) is 41.8 Å². The second-order valence-corrected chi connectivity index (χ2v) is 7.90. The van der Waals surface area contributed by atoms with Gasteiger partial charge in [-0.3, -0.25) is 4.79 Å². The van der Waals surface area contributed by atoms with Gasteiger partial charge in [0.05, 0.1) is 0 Å². The first-order valence-electron chi connectivity index (χ1n) is 9.12. The highest BCUT2D eigenvalue weighted by molar-refractivity contribution is 7.13. The quantitative estimate of drug-likeness (QED) is 0.340. The summed E-state index contributed by atoms with van der Waals surface area (Å²) in [5.41, 5.74) is 1.64. The molecule has 9 heteroatoms. The Kier molecular flexibility index (Phi) is 5.83. The zero-order valence-electron chi connectivity index (χ0n) is 16.2. The van der Waals surface area contributed by atoms with Gasteiger partial charge in [0.1, 0.15) is 17.2 Å². The SMILES string of the molecule is CC(=O)Nc1ccc2c(COC(=O)c3csc(-c4cccc(Cl)c4)n3)cc(=O)oc2c1. The van der Waals surface area contributed by atoms with E-state index in [9.17, 15) is 14.4 Å². The second-order valence-electron chi connectivity index (χ2n) is 6.61. The molecule has 0 atom stereocenters. The van der Waals surface area contributed by atoms with Crippen LogP contribution < -0.4 is 10.9 Å². The number of carbonyl (C=O) groups excluding carboxylic acids is 2. The predicted molar refractivity (Wildman–Crippen MR) is 118 cm³/mol. The Bertz CT molecular complexity index is 1360. The summed E-state index contributed by atoms with van der Waals surface area (Å²) in [6.45, 7) is 1.25. The lowest BCUT2D eigenvalue weighted by Crippen LogP contribution is -2.09. The fourth-order valence-electron chi connectivity index (χ4n) is 2.97. The number of hydrogen-bond acceptors (Lipinski definition) is 7. The average Bonchev–Trinajstić information content (AvgIpc) is 3.21. The number of aromatic nitrogens is 1. The first-order chi connectivity index (χ1) is 14.9. The first-order valence-corrected chi connectivity index (χ1v) is 10.4. The summed E-state index contributed by atoms with van der Waals surface area (Å²) in [7, 11) is 0. The molecule has 0 fully saturated rings. The molecule has 1 N–H and O–H groups in total. The van der Waals surface area contributed by atoms with Crippen molar-refractivity contribution in [2.75, 3.05) is 5.32 Å². The van der Waals surface area contributed by atoms with E-state index in [0.29, 0.717) is 26.7 Å². The highest BCUT2D eigenvalue weighted by atomic mass is 35.5. The van der Waals surface area contributed by atoms with Crippen molar-refractivity contribution >= 4 is 51.5 Å². The van der Waals surface area contributed by atoms with Crippen LogP contribution in [-0.2, 0) is 16.1 Å². The predicted octanol–water partition coefficient (Wildman–Crippen LogP) is 4.89. The van der Waals surface area contributed by atoms with Crippen molar-refractivity contribution in [3.8, 4) is 10.6 Å². The van der Waals surface area contributed by atoms with Gasteiger partial charge in [-0.25, -0.2) is 14.6 Å². The normalized spacial score (nSPS) is 10.8. The summed E-state index contributed by atoms with van der Waals surface area (Å²) in [5, 5.41) is 6.05. The van der Waals surface area contributed by atoms with Crippen molar-refractivity contribution in [1.29, 1.82) is 0 Å². The number of rotatable bonds is 5. The molecule has 0 spiro atoms. The van der Waals surface area contributed by atoms with E-state index in [2.05, 4.69) is 10.3 Å². The topological polar surface area (TPSA) is 98.5 Å². The molecule has 0 saturated carbocycles. The highest BCUT2D eigenvalue weighted by Gasteiger charge is 2.15. The number of carbonyl (C=O) groups is 2. The lowest BCUT2D eigenvalue weighted by Gasteiger charge is -2.08. The largest absolute Gasteiger partial charge is 0.456 e. The molecule has 2 aromatic carbocycles. The van der Waals surface area contributed by atoms with Crippen LogP contribution in [0, 0.1) is 0 Å². The minimum Gasteiger partial charge on any atom is -0.456 e. The van der Waals surface area contributed by atoms with E-state index in [1.807, 2.05) is 6.07 Å². The van der Waals surface area contributed by atoms with Gasteiger partial charge in [-0.2, -0.15) is 0 Å². The number of esters is 1. The van der Waals surface area contributed by atoms with E-state index >= 15 is 0 Å². The first kappa shape index (κ1) is 20.8. The van der Waals surface area contributed by atoms with Gasteiger partial charge in [0, 0.05) is 51.7 Å². The Labute approximate surface area is 185 Å². The number of benzene rings is 2. The van der Waals surface area contributed by atoms with Crippen LogP contribution in [0.2, 0.25) is 5.02 Å². The molecule has 0 aliphatic heterocycles. The Hall–Kier alpha value is -3.49. The third-order valence-electron chi connectivity index (χ3n) is 4.29. The summed E-state index contributed by atoms with van der Waals surface area (Å²) in [6.07, 6.45) is 0. The van der Waals surface area contributed by atoms with Crippen LogP contribution in [0.25, 0.3) is 21.5 Å². The lowest BCUT2D eigenvalue weighted by molar-refractivity contribution is -0.114. The van der Waals surface area contributed by atoms with Crippen LogP contribution in [0.3, 0.4) is 0 Å². The van der Waals surface area contributed by atoms with Crippen molar-refractivity contribution in [3.63, 3.8) is 0 Å². The molecular formula is C22H15ClN2O5S. The Balaban J connectivity index is 1.53. The second kappa shape index (κ2) is 8.71. The number of hydrogen-bond donors (Lipinski definition) is 1. The van der Waals surface area contributed by atoms with E-state index in [0.717, 1.165) is 5.56 Å². The number of ether oxygens (including phenoxy) is 1. The van der Waals surface area contributed by atoms with Gasteiger partial charge in [-0.1, -0.05) is 23.7 Å². The zero-order chi connectivity index (χ0) is 22.0. The van der Waals surface area contributed by atoms with Gasteiger partial charge in [-0.05, 0) is 24.3 Å². The summed E-state index contributed by atoms with van der Waals surface area (Å²) in [4.78, 5) is 39.9. The van der Waals surface area contributed by atoms with E-state index in [4.69, 9.17) is 20.8 Å². The summed E-state index contributed by atoms with van der Waals surface area (Å²) in [6, 6.07) is 13.4. The molecule has 156 valence electrons. The molecule has 0 bridgehead atoms. The zero-order valence-corrected chi connectivity index (χ0v) is 17.8. The van der Waals surface area contributed by atoms with Crippen molar-refractivity contribution in [2.24, 2.45) is 0 Å². The maximum atomic E-state index is 12.5. The van der Waals surface area contributed by atoms with Crippen molar-refractivity contribution in [1.82, 2.24) is 4.98 Å². The maximum Gasteiger partial charge on any atom is 0.358 e. The fourth-order valence-corrected chi connectivity index (χ4v) is 3.95. The summed E-state index contributed by atoms with van der Waals surface area (Å²) < 4.78 is 10.6. The van der Waals surface area contributed by atoms with Crippen molar-refractivity contribution in [2.45, 2.75) is 13.5 Å². The molecule has 2 heterocycles. The van der Waals surface area contributed by atoms with E-state index in [-0.39, 0.29) is 23.8 Å². The Morgan fingerprint density at radius 3 is 2.81 bits per heavy atom. The molecule has 0 aliphatic carbocycles. The molecule has 7 nitrogen and oxygen atoms in total. The van der Waals surface area contributed by atoms with Crippen LogP contribution in [0.15, 0.2) is 63.1 Å². The smallest absolute Gasteiger partial charge is 0.358 e.